The molecule has 0 spiro atoms. The summed E-state index contributed by atoms with van der Waals surface area (Å²) in [5, 5.41) is 0. The maximum absolute atomic E-state index is 13.0. The van der Waals surface area contributed by atoms with Crippen molar-refractivity contribution in [2.45, 2.75) is 44.0 Å². The van der Waals surface area contributed by atoms with Crippen LogP contribution >= 0.6 is 0 Å². The van der Waals surface area contributed by atoms with Gasteiger partial charge in [-0.3, -0.25) is 0 Å². The molecule has 1 aliphatic heterocycles. The van der Waals surface area contributed by atoms with E-state index in [1.807, 2.05) is 12.1 Å². The van der Waals surface area contributed by atoms with Gasteiger partial charge in [0.25, 0.3) is 0 Å². The standard InChI is InChI=1S/C17H28N2O3S/c1-14(2)13-15-3-5-17(6-4-15)23(20,21)19(10-9-18)16-7-11-22-12-8-16/h3-6,14,16H,7-13,18H2,1-2H3. The van der Waals surface area contributed by atoms with Crippen LogP contribution in [0.1, 0.15) is 32.3 Å². The number of nitrogens with two attached hydrogens (primary N) is 1. The lowest BCUT2D eigenvalue weighted by Crippen LogP contribution is -2.45. The molecular formula is C17H28N2O3S. The normalized spacial score (nSPS) is 17.1. The lowest BCUT2D eigenvalue weighted by atomic mass is 10.0. The van der Waals surface area contributed by atoms with Crippen molar-refractivity contribution < 1.29 is 13.2 Å². The molecule has 1 heterocycles. The van der Waals surface area contributed by atoms with Crippen LogP contribution in [0.2, 0.25) is 0 Å². The minimum atomic E-state index is -3.51. The molecule has 0 saturated carbocycles. The van der Waals surface area contributed by atoms with Crippen molar-refractivity contribution in [3.8, 4) is 0 Å². The van der Waals surface area contributed by atoms with Gasteiger partial charge < -0.3 is 10.5 Å². The minimum absolute atomic E-state index is 0.0207. The van der Waals surface area contributed by atoms with E-state index in [-0.39, 0.29) is 6.04 Å². The molecule has 0 aromatic heterocycles. The predicted molar refractivity (Wildman–Crippen MR) is 91.8 cm³/mol. The van der Waals surface area contributed by atoms with Crippen LogP contribution in [0.4, 0.5) is 0 Å². The van der Waals surface area contributed by atoms with E-state index in [2.05, 4.69) is 13.8 Å². The summed E-state index contributed by atoms with van der Waals surface area (Å²) in [5.41, 5.74) is 6.81. The third-order valence-corrected chi connectivity index (χ3v) is 6.09. The van der Waals surface area contributed by atoms with Crippen molar-refractivity contribution >= 4 is 10.0 Å². The Balaban J connectivity index is 2.22. The second-order valence-corrected chi connectivity index (χ2v) is 8.38. The van der Waals surface area contributed by atoms with E-state index in [1.165, 1.54) is 0 Å². The average molecular weight is 340 g/mol. The first kappa shape index (κ1) is 18.4. The summed E-state index contributed by atoms with van der Waals surface area (Å²) in [6.45, 7) is 6.18. The van der Waals surface area contributed by atoms with Gasteiger partial charge in [-0.15, -0.1) is 0 Å². The Bertz CT molecular complexity index is 578. The fraction of sp³-hybridized carbons (Fsp3) is 0.647. The number of benzene rings is 1. The molecule has 23 heavy (non-hydrogen) atoms. The zero-order valence-corrected chi connectivity index (χ0v) is 14.9. The molecule has 2 rings (SSSR count). The van der Waals surface area contributed by atoms with Crippen LogP contribution in [0.3, 0.4) is 0 Å². The number of ether oxygens (including phenoxy) is 1. The van der Waals surface area contributed by atoms with Crippen LogP contribution in [-0.4, -0.2) is 45.1 Å². The molecular weight excluding hydrogens is 312 g/mol. The Morgan fingerprint density at radius 2 is 1.83 bits per heavy atom. The van der Waals surface area contributed by atoms with E-state index >= 15 is 0 Å². The highest BCUT2D eigenvalue weighted by molar-refractivity contribution is 7.89. The molecule has 0 unspecified atom stereocenters. The molecule has 2 N–H and O–H groups in total. The molecule has 1 aromatic rings. The molecule has 1 saturated heterocycles. The highest BCUT2D eigenvalue weighted by Gasteiger charge is 2.31. The van der Waals surface area contributed by atoms with Crippen molar-refractivity contribution in [1.82, 2.24) is 4.31 Å². The SMILES string of the molecule is CC(C)Cc1ccc(S(=O)(=O)N(CCN)C2CCOCC2)cc1. The number of hydrogen-bond acceptors (Lipinski definition) is 4. The molecule has 5 nitrogen and oxygen atoms in total. The van der Waals surface area contributed by atoms with Crippen molar-refractivity contribution in [3.05, 3.63) is 29.8 Å². The summed E-state index contributed by atoms with van der Waals surface area (Å²) in [6.07, 6.45) is 2.40. The van der Waals surface area contributed by atoms with Crippen LogP contribution in [0.15, 0.2) is 29.2 Å². The van der Waals surface area contributed by atoms with Crippen LogP contribution < -0.4 is 5.73 Å². The fourth-order valence-electron chi connectivity index (χ4n) is 3.00. The molecule has 0 bridgehead atoms. The van der Waals surface area contributed by atoms with Crippen molar-refractivity contribution in [2.24, 2.45) is 11.7 Å². The van der Waals surface area contributed by atoms with Crippen LogP contribution in [0.25, 0.3) is 0 Å². The van der Waals surface area contributed by atoms with Crippen LogP contribution in [-0.2, 0) is 21.2 Å². The maximum atomic E-state index is 13.0. The minimum Gasteiger partial charge on any atom is -0.381 e. The van der Waals surface area contributed by atoms with Gasteiger partial charge in [0, 0.05) is 32.3 Å². The molecule has 1 aliphatic rings. The van der Waals surface area contributed by atoms with Gasteiger partial charge in [0.1, 0.15) is 0 Å². The summed E-state index contributed by atoms with van der Waals surface area (Å²) >= 11 is 0. The molecule has 6 heteroatoms. The molecule has 0 amide bonds. The average Bonchev–Trinajstić information content (AvgIpc) is 2.53. The van der Waals surface area contributed by atoms with E-state index in [1.54, 1.807) is 16.4 Å². The summed E-state index contributed by atoms with van der Waals surface area (Å²) in [6, 6.07) is 7.24. The van der Waals surface area contributed by atoms with Crippen molar-refractivity contribution in [2.75, 3.05) is 26.3 Å². The van der Waals surface area contributed by atoms with Gasteiger partial charge in [-0.25, -0.2) is 8.42 Å². The first-order valence-corrected chi connectivity index (χ1v) is 9.77. The van der Waals surface area contributed by atoms with Gasteiger partial charge in [0.2, 0.25) is 10.0 Å². The Morgan fingerprint density at radius 3 is 2.35 bits per heavy atom. The topological polar surface area (TPSA) is 72.6 Å². The lowest BCUT2D eigenvalue weighted by molar-refractivity contribution is 0.0590. The van der Waals surface area contributed by atoms with Crippen LogP contribution in [0, 0.1) is 5.92 Å². The number of hydrogen-bond donors (Lipinski definition) is 1. The molecule has 1 fully saturated rings. The van der Waals surface area contributed by atoms with E-state index in [9.17, 15) is 8.42 Å². The van der Waals surface area contributed by atoms with Crippen LogP contribution in [0.5, 0.6) is 0 Å². The molecule has 130 valence electrons. The van der Waals surface area contributed by atoms with E-state index in [4.69, 9.17) is 10.5 Å². The Hall–Kier alpha value is -0.950. The summed E-state index contributed by atoms with van der Waals surface area (Å²) in [7, 11) is -3.51. The molecule has 0 aliphatic carbocycles. The third kappa shape index (κ3) is 4.76. The van der Waals surface area contributed by atoms with E-state index in [0.717, 1.165) is 24.8 Å². The first-order valence-electron chi connectivity index (χ1n) is 8.33. The second kappa shape index (κ2) is 8.24. The summed E-state index contributed by atoms with van der Waals surface area (Å²) < 4.78 is 32.9. The van der Waals surface area contributed by atoms with Gasteiger partial charge in [0.15, 0.2) is 0 Å². The zero-order valence-electron chi connectivity index (χ0n) is 14.1. The first-order chi connectivity index (χ1) is 10.9. The fourth-order valence-corrected chi connectivity index (χ4v) is 4.70. The van der Waals surface area contributed by atoms with Crippen molar-refractivity contribution in [3.63, 3.8) is 0 Å². The lowest BCUT2D eigenvalue weighted by Gasteiger charge is -2.33. The van der Waals surface area contributed by atoms with E-state index < -0.39 is 10.0 Å². The summed E-state index contributed by atoms with van der Waals surface area (Å²) in [4.78, 5) is 0.352. The highest BCUT2D eigenvalue weighted by Crippen LogP contribution is 2.24. The van der Waals surface area contributed by atoms with Gasteiger partial charge in [-0.05, 0) is 42.9 Å². The van der Waals surface area contributed by atoms with Crippen molar-refractivity contribution in [1.29, 1.82) is 0 Å². The number of rotatable bonds is 7. The molecule has 0 radical (unpaired) electrons. The van der Waals surface area contributed by atoms with Gasteiger partial charge >= 0.3 is 0 Å². The largest absolute Gasteiger partial charge is 0.381 e. The van der Waals surface area contributed by atoms with Gasteiger partial charge in [-0.1, -0.05) is 26.0 Å². The predicted octanol–water partition coefficient (Wildman–Crippen LogP) is 2.01. The number of sulfonamides is 1. The maximum Gasteiger partial charge on any atom is 0.243 e. The monoisotopic (exact) mass is 340 g/mol. The Morgan fingerprint density at radius 1 is 1.22 bits per heavy atom. The highest BCUT2D eigenvalue weighted by atomic mass is 32.2. The zero-order chi connectivity index (χ0) is 16.9. The van der Waals surface area contributed by atoms with E-state index in [0.29, 0.717) is 37.1 Å². The Kier molecular flexibility index (Phi) is 6.59. The molecule has 0 atom stereocenters. The smallest absolute Gasteiger partial charge is 0.243 e. The summed E-state index contributed by atoms with van der Waals surface area (Å²) in [5.74, 6) is 0.549. The van der Waals surface area contributed by atoms with Gasteiger partial charge in [0.05, 0.1) is 4.90 Å². The second-order valence-electron chi connectivity index (χ2n) is 6.49. The van der Waals surface area contributed by atoms with Gasteiger partial charge in [-0.2, -0.15) is 4.31 Å². The quantitative estimate of drug-likeness (QED) is 0.824. The third-order valence-electron chi connectivity index (χ3n) is 4.12. The number of nitrogens with zero attached hydrogens (tertiary/aromatic N) is 1. The molecule has 1 aromatic carbocycles. The Labute approximate surface area is 139 Å².